The van der Waals surface area contributed by atoms with Crippen LogP contribution in [0.2, 0.25) is 0 Å². The van der Waals surface area contributed by atoms with Gasteiger partial charge in [-0.15, -0.1) is 0 Å². The smallest absolute Gasteiger partial charge is 0.310 e. The summed E-state index contributed by atoms with van der Waals surface area (Å²) in [6.07, 6.45) is 2.69. The number of hydrogen-bond acceptors (Lipinski definition) is 6. The highest BCUT2D eigenvalue weighted by Gasteiger charge is 2.36. The fourth-order valence-electron chi connectivity index (χ4n) is 4.15. The number of benzene rings is 2. The molecule has 0 bridgehead atoms. The number of carbonyl (C=O) groups excluding carboxylic acids is 1. The number of nitrogens with two attached hydrogens (primary N) is 1. The van der Waals surface area contributed by atoms with E-state index in [2.05, 4.69) is 0 Å². The maximum atomic E-state index is 12.7. The number of aliphatic carboxylic acids is 1. The Hall–Kier alpha value is -3.06. The third-order valence-electron chi connectivity index (χ3n) is 5.96. The normalized spacial score (nSPS) is 19.1. The summed E-state index contributed by atoms with van der Waals surface area (Å²) in [5.41, 5.74) is 8.72. The van der Waals surface area contributed by atoms with Crippen molar-refractivity contribution < 1.29 is 28.9 Å². The second kappa shape index (κ2) is 11.0. The maximum Gasteiger partial charge on any atom is 0.310 e. The minimum atomic E-state index is -0.937. The van der Waals surface area contributed by atoms with E-state index in [9.17, 15) is 14.7 Å². The van der Waals surface area contributed by atoms with E-state index in [1.54, 1.807) is 25.3 Å². The molecule has 2 aromatic carbocycles. The zero-order valence-corrected chi connectivity index (χ0v) is 18.6. The molecule has 32 heavy (non-hydrogen) atoms. The van der Waals surface area contributed by atoms with Crippen LogP contribution in [0.25, 0.3) is 0 Å². The Balaban J connectivity index is 1.72. The number of carboxylic acids is 1. The molecule has 3 atom stereocenters. The first-order chi connectivity index (χ1) is 15.4. The van der Waals surface area contributed by atoms with Gasteiger partial charge in [-0.05, 0) is 43.0 Å². The van der Waals surface area contributed by atoms with Crippen LogP contribution in [0, 0.1) is 11.8 Å². The van der Waals surface area contributed by atoms with Crippen molar-refractivity contribution in [2.45, 2.75) is 51.9 Å². The summed E-state index contributed by atoms with van der Waals surface area (Å²) in [4.78, 5) is 24.2. The lowest BCUT2D eigenvalue weighted by atomic mass is 9.79. The van der Waals surface area contributed by atoms with E-state index in [4.69, 9.17) is 19.9 Å². The molecule has 0 unspecified atom stereocenters. The predicted octanol–water partition coefficient (Wildman–Crippen LogP) is 4.23. The van der Waals surface area contributed by atoms with E-state index >= 15 is 0 Å². The molecule has 1 aliphatic carbocycles. The third-order valence-corrected chi connectivity index (χ3v) is 5.96. The first-order valence-corrected chi connectivity index (χ1v) is 10.9. The van der Waals surface area contributed by atoms with Crippen LogP contribution >= 0.6 is 0 Å². The third kappa shape index (κ3) is 5.79. The fraction of sp³-hybridized carbons (Fsp3) is 0.440. The molecule has 7 nitrogen and oxygen atoms in total. The molecule has 1 saturated carbocycles. The van der Waals surface area contributed by atoms with Gasteiger partial charge in [-0.2, -0.15) is 0 Å². The molecule has 1 aliphatic rings. The average Bonchev–Trinajstić information content (AvgIpc) is 2.81. The van der Waals surface area contributed by atoms with Crippen LogP contribution in [0.1, 0.15) is 55.3 Å². The van der Waals surface area contributed by atoms with Crippen molar-refractivity contribution in [2.75, 3.05) is 7.11 Å². The number of methoxy groups -OCH3 is 1. The lowest BCUT2D eigenvalue weighted by molar-refractivity contribution is -0.160. The van der Waals surface area contributed by atoms with Crippen molar-refractivity contribution in [1.82, 2.24) is 0 Å². The molecule has 0 radical (unpaired) electrons. The van der Waals surface area contributed by atoms with Gasteiger partial charge in [0, 0.05) is 17.7 Å². The lowest BCUT2D eigenvalue weighted by Crippen LogP contribution is -2.33. The molecule has 0 heterocycles. The molecule has 0 saturated heterocycles. The van der Waals surface area contributed by atoms with Crippen LogP contribution in [0.5, 0.6) is 11.5 Å². The lowest BCUT2D eigenvalue weighted by Gasteiger charge is -2.26. The van der Waals surface area contributed by atoms with Crippen molar-refractivity contribution in [3.8, 4) is 11.5 Å². The summed E-state index contributed by atoms with van der Waals surface area (Å²) < 4.78 is 16.9. The topological polar surface area (TPSA) is 108 Å². The second-order valence-corrected chi connectivity index (χ2v) is 8.19. The van der Waals surface area contributed by atoms with Gasteiger partial charge in [-0.1, -0.05) is 37.1 Å². The van der Waals surface area contributed by atoms with Crippen molar-refractivity contribution in [3.05, 3.63) is 59.2 Å². The Morgan fingerprint density at radius 1 is 1.06 bits per heavy atom. The molecule has 172 valence electrons. The van der Waals surface area contributed by atoms with Gasteiger partial charge in [0.05, 0.1) is 18.9 Å². The molecule has 0 aliphatic heterocycles. The van der Waals surface area contributed by atoms with E-state index in [0.717, 1.165) is 24.0 Å². The minimum Gasteiger partial charge on any atom is -0.497 e. The maximum absolute atomic E-state index is 12.7. The zero-order valence-electron chi connectivity index (χ0n) is 18.6. The molecule has 3 rings (SSSR count). The predicted molar refractivity (Wildman–Crippen MR) is 119 cm³/mol. The molecule has 1 fully saturated rings. The van der Waals surface area contributed by atoms with E-state index < -0.39 is 23.8 Å². The van der Waals surface area contributed by atoms with Crippen LogP contribution in [0.4, 0.5) is 0 Å². The Bertz CT molecular complexity index is 942. The minimum absolute atomic E-state index is 0.00403. The Labute approximate surface area is 188 Å². The number of carboxylic acid groups (broad SMARTS) is 1. The van der Waals surface area contributed by atoms with Gasteiger partial charge in [-0.3, -0.25) is 9.59 Å². The van der Waals surface area contributed by atoms with Crippen LogP contribution < -0.4 is 15.2 Å². The first-order valence-electron chi connectivity index (χ1n) is 10.9. The number of carbonyl (C=O) groups is 2. The molecular formula is C25H31NO6. The molecule has 2 aromatic rings. The standard InChI is InChI=1S/C25H31NO6/c1-16(26)20-8-4-3-7-17(20)14-31-23-13-19(30-2)12-11-18(23)15-32-25(29)22-10-6-5-9-21(22)24(27)28/h3-4,7-8,11-13,16,21-22H,5-6,9-10,14-15,26H2,1-2H3,(H,27,28)/t16-,21-,22+/m1/s1. The van der Waals surface area contributed by atoms with E-state index in [-0.39, 0.29) is 12.6 Å². The van der Waals surface area contributed by atoms with Crippen molar-refractivity contribution in [3.63, 3.8) is 0 Å². The second-order valence-electron chi connectivity index (χ2n) is 8.19. The molecule has 0 amide bonds. The van der Waals surface area contributed by atoms with Gasteiger partial charge in [0.1, 0.15) is 24.7 Å². The summed E-state index contributed by atoms with van der Waals surface area (Å²) in [6, 6.07) is 13.0. The SMILES string of the molecule is COc1ccc(COC(=O)[C@H]2CCCC[C@H]2C(=O)O)c(OCc2ccccc2[C@@H](C)N)c1. The molecule has 0 spiro atoms. The average molecular weight is 442 g/mol. The summed E-state index contributed by atoms with van der Waals surface area (Å²) in [5.74, 6) is -1.54. The van der Waals surface area contributed by atoms with E-state index in [0.29, 0.717) is 36.5 Å². The van der Waals surface area contributed by atoms with Crippen molar-refractivity contribution in [2.24, 2.45) is 17.6 Å². The summed E-state index contributed by atoms with van der Waals surface area (Å²) in [6.45, 7) is 2.22. The summed E-state index contributed by atoms with van der Waals surface area (Å²) >= 11 is 0. The summed E-state index contributed by atoms with van der Waals surface area (Å²) in [5, 5.41) is 9.43. The quantitative estimate of drug-likeness (QED) is 0.561. The molecule has 7 heteroatoms. The van der Waals surface area contributed by atoms with Gasteiger partial charge < -0.3 is 25.1 Å². The van der Waals surface area contributed by atoms with Crippen molar-refractivity contribution >= 4 is 11.9 Å². The number of esters is 1. The number of rotatable bonds is 9. The largest absolute Gasteiger partial charge is 0.497 e. The Morgan fingerprint density at radius 2 is 1.78 bits per heavy atom. The van der Waals surface area contributed by atoms with Gasteiger partial charge in [0.15, 0.2) is 0 Å². The first kappa shape index (κ1) is 23.6. The molecule has 3 N–H and O–H groups in total. The molecular weight excluding hydrogens is 410 g/mol. The van der Waals surface area contributed by atoms with Gasteiger partial charge in [-0.25, -0.2) is 0 Å². The van der Waals surface area contributed by atoms with Gasteiger partial charge in [0.25, 0.3) is 0 Å². The van der Waals surface area contributed by atoms with Gasteiger partial charge in [0.2, 0.25) is 0 Å². The highest BCUT2D eigenvalue weighted by atomic mass is 16.5. The monoisotopic (exact) mass is 441 g/mol. The van der Waals surface area contributed by atoms with E-state index in [1.165, 1.54) is 0 Å². The highest BCUT2D eigenvalue weighted by molar-refractivity contribution is 5.81. The van der Waals surface area contributed by atoms with Crippen LogP contribution in [0.15, 0.2) is 42.5 Å². The summed E-state index contributed by atoms with van der Waals surface area (Å²) in [7, 11) is 1.57. The zero-order chi connectivity index (χ0) is 23.1. The Morgan fingerprint density at radius 3 is 2.47 bits per heavy atom. The number of ether oxygens (including phenoxy) is 3. The van der Waals surface area contributed by atoms with Gasteiger partial charge >= 0.3 is 11.9 Å². The molecule has 0 aromatic heterocycles. The highest BCUT2D eigenvalue weighted by Crippen LogP contribution is 2.32. The van der Waals surface area contributed by atoms with E-state index in [1.807, 2.05) is 31.2 Å². The van der Waals surface area contributed by atoms with Crippen LogP contribution in [-0.4, -0.2) is 24.2 Å². The van der Waals surface area contributed by atoms with Crippen LogP contribution in [-0.2, 0) is 27.5 Å². The number of hydrogen-bond donors (Lipinski definition) is 2. The van der Waals surface area contributed by atoms with Crippen LogP contribution in [0.3, 0.4) is 0 Å². The Kier molecular flexibility index (Phi) is 8.11. The fourth-order valence-corrected chi connectivity index (χ4v) is 4.15. The van der Waals surface area contributed by atoms with Crippen molar-refractivity contribution in [1.29, 1.82) is 0 Å².